The quantitative estimate of drug-likeness (QED) is 0.422. The highest BCUT2D eigenvalue weighted by Gasteiger charge is 2.12. The molecule has 14 heavy (non-hydrogen) atoms. The predicted molar refractivity (Wildman–Crippen MR) is 48.8 cm³/mol. The molecule has 0 heterocycles. The normalized spacial score (nSPS) is 9.71. The van der Waals surface area contributed by atoms with E-state index in [1.54, 1.807) is 0 Å². The van der Waals surface area contributed by atoms with Crippen molar-refractivity contribution in [3.8, 4) is 0 Å². The summed E-state index contributed by atoms with van der Waals surface area (Å²) in [5.41, 5.74) is 5.46. The Morgan fingerprint density at radius 2 is 2.21 bits per heavy atom. The molecule has 0 saturated carbocycles. The lowest BCUT2D eigenvalue weighted by molar-refractivity contribution is -0.383. The Morgan fingerprint density at radius 1 is 1.57 bits per heavy atom. The number of rotatable bonds is 3. The number of nitrogen functional groups attached to an aromatic ring is 1. The average molecular weight is 196 g/mol. The monoisotopic (exact) mass is 196 g/mol. The van der Waals surface area contributed by atoms with Crippen molar-refractivity contribution in [3.63, 3.8) is 0 Å². The van der Waals surface area contributed by atoms with Crippen LogP contribution in [-0.2, 0) is 11.2 Å². The molecule has 0 saturated heterocycles. The molecule has 0 aliphatic rings. The number of nitro benzene ring substituents is 1. The summed E-state index contributed by atoms with van der Waals surface area (Å²) in [5.74, 6) is -1.04. The van der Waals surface area contributed by atoms with E-state index < -0.39 is 10.9 Å². The van der Waals surface area contributed by atoms with Crippen molar-refractivity contribution < 1.29 is 14.8 Å². The number of hydrogen-bond donors (Lipinski definition) is 2. The first-order chi connectivity index (χ1) is 6.50. The third kappa shape index (κ3) is 2.19. The van der Waals surface area contributed by atoms with Gasteiger partial charge in [-0.2, -0.15) is 0 Å². The molecule has 0 fully saturated rings. The molecular formula is C8H8N2O4. The van der Waals surface area contributed by atoms with Crippen LogP contribution >= 0.6 is 0 Å². The molecule has 6 nitrogen and oxygen atoms in total. The fourth-order valence-corrected chi connectivity index (χ4v) is 1.03. The number of nitrogens with zero attached hydrogens (tertiary/aromatic N) is 1. The first-order valence-electron chi connectivity index (χ1n) is 3.75. The van der Waals surface area contributed by atoms with Gasteiger partial charge in [0.2, 0.25) is 0 Å². The molecule has 0 aliphatic heterocycles. The van der Waals surface area contributed by atoms with Crippen LogP contribution in [0.25, 0.3) is 0 Å². The minimum Gasteiger partial charge on any atom is -0.481 e. The van der Waals surface area contributed by atoms with Gasteiger partial charge < -0.3 is 10.8 Å². The standard InChI is InChI=1S/C8H8N2O4/c9-6-2-1-5(4-8(11)12)3-7(6)10(13)14/h1-3H,4,9H2,(H,11,12). The van der Waals surface area contributed by atoms with Gasteiger partial charge >= 0.3 is 5.97 Å². The van der Waals surface area contributed by atoms with Gasteiger partial charge in [0.05, 0.1) is 11.3 Å². The Hall–Kier alpha value is -2.11. The Kier molecular flexibility index (Phi) is 2.66. The van der Waals surface area contributed by atoms with Gasteiger partial charge in [-0.25, -0.2) is 0 Å². The molecule has 0 aromatic heterocycles. The number of aliphatic carboxylic acids is 1. The first kappa shape index (κ1) is 9.97. The molecule has 1 rings (SSSR count). The largest absolute Gasteiger partial charge is 0.481 e. The minimum atomic E-state index is -1.04. The van der Waals surface area contributed by atoms with Crippen LogP contribution in [0, 0.1) is 10.1 Å². The van der Waals surface area contributed by atoms with E-state index in [9.17, 15) is 14.9 Å². The summed E-state index contributed by atoms with van der Waals surface area (Å²) in [6.45, 7) is 0. The van der Waals surface area contributed by atoms with Gasteiger partial charge in [-0.3, -0.25) is 14.9 Å². The van der Waals surface area contributed by atoms with E-state index in [1.165, 1.54) is 18.2 Å². The number of carboxylic acid groups (broad SMARTS) is 1. The molecule has 74 valence electrons. The zero-order valence-electron chi connectivity index (χ0n) is 7.14. The number of carboxylic acids is 1. The summed E-state index contributed by atoms with van der Waals surface area (Å²) in [5, 5.41) is 18.9. The molecule has 3 N–H and O–H groups in total. The highest BCUT2D eigenvalue weighted by Crippen LogP contribution is 2.22. The minimum absolute atomic E-state index is 0.0316. The van der Waals surface area contributed by atoms with Gasteiger partial charge in [0, 0.05) is 6.07 Å². The van der Waals surface area contributed by atoms with Crippen molar-refractivity contribution in [1.29, 1.82) is 0 Å². The van der Waals surface area contributed by atoms with Crippen molar-refractivity contribution in [3.05, 3.63) is 33.9 Å². The second kappa shape index (κ2) is 3.73. The van der Waals surface area contributed by atoms with Gasteiger partial charge in [-0.15, -0.1) is 0 Å². The van der Waals surface area contributed by atoms with E-state index in [2.05, 4.69) is 0 Å². The highest BCUT2D eigenvalue weighted by atomic mass is 16.6. The molecule has 0 spiro atoms. The van der Waals surface area contributed by atoms with Crippen molar-refractivity contribution >= 4 is 17.3 Å². The lowest BCUT2D eigenvalue weighted by Gasteiger charge is -1.99. The zero-order chi connectivity index (χ0) is 10.7. The zero-order valence-corrected chi connectivity index (χ0v) is 7.14. The molecule has 1 aromatic rings. The SMILES string of the molecule is Nc1ccc(CC(=O)O)cc1[N+](=O)[O-]. The first-order valence-corrected chi connectivity index (χ1v) is 3.75. The van der Waals surface area contributed by atoms with E-state index in [4.69, 9.17) is 10.8 Å². The summed E-state index contributed by atoms with van der Waals surface area (Å²) in [6.07, 6.45) is -0.249. The van der Waals surface area contributed by atoms with Gasteiger partial charge in [0.25, 0.3) is 5.69 Å². The second-order valence-corrected chi connectivity index (χ2v) is 2.72. The van der Waals surface area contributed by atoms with Crippen molar-refractivity contribution in [2.75, 3.05) is 5.73 Å². The van der Waals surface area contributed by atoms with Crippen LogP contribution in [0.1, 0.15) is 5.56 Å². The fraction of sp³-hybridized carbons (Fsp3) is 0.125. The fourth-order valence-electron chi connectivity index (χ4n) is 1.03. The smallest absolute Gasteiger partial charge is 0.307 e. The van der Waals surface area contributed by atoms with Gasteiger partial charge in [0.15, 0.2) is 0 Å². The van der Waals surface area contributed by atoms with Crippen molar-refractivity contribution in [2.24, 2.45) is 0 Å². The van der Waals surface area contributed by atoms with E-state index in [0.29, 0.717) is 5.56 Å². The van der Waals surface area contributed by atoms with E-state index in [1.807, 2.05) is 0 Å². The second-order valence-electron chi connectivity index (χ2n) is 2.72. The van der Waals surface area contributed by atoms with E-state index in [-0.39, 0.29) is 17.8 Å². The van der Waals surface area contributed by atoms with Gasteiger partial charge in [0.1, 0.15) is 5.69 Å². The molecule has 6 heteroatoms. The average Bonchev–Trinajstić information content (AvgIpc) is 2.07. The molecular weight excluding hydrogens is 188 g/mol. The molecule has 1 aromatic carbocycles. The lowest BCUT2D eigenvalue weighted by atomic mass is 10.1. The maximum Gasteiger partial charge on any atom is 0.307 e. The number of anilines is 1. The summed E-state index contributed by atoms with van der Waals surface area (Å²) >= 11 is 0. The number of benzene rings is 1. The molecule has 0 radical (unpaired) electrons. The summed E-state index contributed by atoms with van der Waals surface area (Å²) < 4.78 is 0. The van der Waals surface area contributed by atoms with Crippen molar-refractivity contribution in [2.45, 2.75) is 6.42 Å². The third-order valence-electron chi connectivity index (χ3n) is 1.65. The highest BCUT2D eigenvalue weighted by molar-refractivity contribution is 5.71. The third-order valence-corrected chi connectivity index (χ3v) is 1.65. The van der Waals surface area contributed by atoms with Crippen LogP contribution in [0.4, 0.5) is 11.4 Å². The topological polar surface area (TPSA) is 106 Å². The Labute approximate surface area is 79.1 Å². The Balaban J connectivity index is 3.06. The van der Waals surface area contributed by atoms with Crippen molar-refractivity contribution in [1.82, 2.24) is 0 Å². The predicted octanol–water partition coefficient (Wildman–Crippen LogP) is 0.804. The molecule has 0 aliphatic carbocycles. The number of hydrogen-bond acceptors (Lipinski definition) is 4. The summed E-state index contributed by atoms with van der Waals surface area (Å²) in [7, 11) is 0. The van der Waals surface area contributed by atoms with E-state index in [0.717, 1.165) is 0 Å². The van der Waals surface area contributed by atoms with Gasteiger partial charge in [-0.1, -0.05) is 6.07 Å². The lowest BCUT2D eigenvalue weighted by Crippen LogP contribution is -2.02. The van der Waals surface area contributed by atoms with Gasteiger partial charge in [-0.05, 0) is 11.6 Å². The van der Waals surface area contributed by atoms with E-state index >= 15 is 0 Å². The molecule has 0 atom stereocenters. The Bertz CT molecular complexity index is 389. The number of carbonyl (C=O) groups is 1. The maximum absolute atomic E-state index is 10.4. The van der Waals surface area contributed by atoms with Crippen LogP contribution in [0.3, 0.4) is 0 Å². The Morgan fingerprint density at radius 3 is 2.71 bits per heavy atom. The van der Waals surface area contributed by atoms with Crippen LogP contribution < -0.4 is 5.73 Å². The summed E-state index contributed by atoms with van der Waals surface area (Å²) in [4.78, 5) is 20.1. The maximum atomic E-state index is 10.4. The van der Waals surface area contributed by atoms with Crippen LogP contribution in [0.2, 0.25) is 0 Å². The van der Waals surface area contributed by atoms with Crippen LogP contribution in [0.5, 0.6) is 0 Å². The number of nitro groups is 1. The molecule has 0 bridgehead atoms. The number of nitrogens with two attached hydrogens (primary N) is 1. The van der Waals surface area contributed by atoms with Crippen LogP contribution in [0.15, 0.2) is 18.2 Å². The molecule has 0 amide bonds. The molecule has 0 unspecified atom stereocenters. The summed E-state index contributed by atoms with van der Waals surface area (Å²) in [6, 6.07) is 3.95. The van der Waals surface area contributed by atoms with Crippen LogP contribution in [-0.4, -0.2) is 16.0 Å².